The molecular weight excluding hydrogens is 779 g/mol. The van der Waals surface area contributed by atoms with Crippen LogP contribution in [0.4, 0.5) is 17.1 Å². The van der Waals surface area contributed by atoms with E-state index in [-0.39, 0.29) is 5.41 Å². The molecule has 2 spiro atoms. The van der Waals surface area contributed by atoms with Crippen LogP contribution in [0.15, 0.2) is 188 Å². The van der Waals surface area contributed by atoms with E-state index in [1.807, 2.05) is 11.3 Å². The average molecular weight is 830 g/mol. The lowest BCUT2D eigenvalue weighted by molar-refractivity contribution is 0.0180. The van der Waals surface area contributed by atoms with Gasteiger partial charge >= 0.3 is 0 Å². The summed E-state index contributed by atoms with van der Waals surface area (Å²) >= 11 is 1.91. The van der Waals surface area contributed by atoms with Crippen molar-refractivity contribution in [2.45, 2.75) is 56.8 Å². The molecule has 5 atom stereocenters. The fraction of sp³-hybridized carbons (Fsp3) is 0.213. The molecule has 1 aromatic heterocycles. The van der Waals surface area contributed by atoms with E-state index in [2.05, 4.69) is 207 Å². The van der Waals surface area contributed by atoms with E-state index in [9.17, 15) is 0 Å². The van der Waals surface area contributed by atoms with Crippen LogP contribution < -0.4 is 4.90 Å². The van der Waals surface area contributed by atoms with Crippen LogP contribution in [0, 0.1) is 23.7 Å². The Morgan fingerprint density at radius 2 is 1.05 bits per heavy atom. The van der Waals surface area contributed by atoms with Gasteiger partial charge in [-0.05, 0) is 147 Å². The Labute approximate surface area is 375 Å². The first kappa shape index (κ1) is 37.3. The molecule has 1 unspecified atom stereocenters. The van der Waals surface area contributed by atoms with Crippen molar-refractivity contribution in [1.82, 2.24) is 0 Å². The first-order valence-corrected chi connectivity index (χ1v) is 24.2. The highest BCUT2D eigenvalue weighted by molar-refractivity contribution is 7.26. The number of thiophene rings is 1. The van der Waals surface area contributed by atoms with Crippen molar-refractivity contribution in [3.63, 3.8) is 0 Å². The van der Waals surface area contributed by atoms with Gasteiger partial charge in [-0.3, -0.25) is 0 Å². The maximum absolute atomic E-state index is 2.70. The second-order valence-corrected chi connectivity index (χ2v) is 20.3. The Hall–Kier alpha value is -6.22. The van der Waals surface area contributed by atoms with Crippen LogP contribution in [0.2, 0.25) is 0 Å². The lowest BCUT2D eigenvalue weighted by atomic mass is 9.41. The monoisotopic (exact) mass is 829 g/mol. The summed E-state index contributed by atoms with van der Waals surface area (Å²) in [6, 6.07) is 72.3. The molecule has 2 saturated carbocycles. The number of para-hydroxylation sites is 1. The van der Waals surface area contributed by atoms with E-state index < -0.39 is 5.41 Å². The van der Waals surface area contributed by atoms with Gasteiger partial charge in [-0.2, -0.15) is 0 Å². The first-order chi connectivity index (χ1) is 31.1. The summed E-state index contributed by atoms with van der Waals surface area (Å²) in [6.45, 7) is 4.98. The summed E-state index contributed by atoms with van der Waals surface area (Å²) in [6.07, 6.45) is 6.41. The van der Waals surface area contributed by atoms with Crippen molar-refractivity contribution < 1.29 is 0 Å². The topological polar surface area (TPSA) is 3.24 Å². The number of hydrogen-bond acceptors (Lipinski definition) is 2. The Morgan fingerprint density at radius 3 is 1.79 bits per heavy atom. The van der Waals surface area contributed by atoms with Gasteiger partial charge in [-0.25, -0.2) is 0 Å². The second-order valence-electron chi connectivity index (χ2n) is 19.2. The number of anilines is 3. The zero-order valence-corrected chi connectivity index (χ0v) is 36.9. The normalized spacial score (nSPS) is 22.4. The van der Waals surface area contributed by atoms with Crippen molar-refractivity contribution in [2.75, 3.05) is 4.90 Å². The van der Waals surface area contributed by atoms with Crippen LogP contribution in [-0.4, -0.2) is 0 Å². The van der Waals surface area contributed by atoms with Gasteiger partial charge in [0.25, 0.3) is 0 Å². The van der Waals surface area contributed by atoms with E-state index in [4.69, 9.17) is 0 Å². The lowest BCUT2D eigenvalue weighted by Gasteiger charge is -2.62. The Balaban J connectivity index is 1.09. The largest absolute Gasteiger partial charge is 0.310 e. The van der Waals surface area contributed by atoms with Gasteiger partial charge in [0, 0.05) is 42.6 Å². The predicted molar refractivity (Wildman–Crippen MR) is 266 cm³/mol. The standard InChI is InChI=1S/C61H51NS/c1-3-40-35-42-33-39(2)34-43(36-40)60(42)54-28-12-13-29-55(54)61(52-26-10-7-21-48(52)49-22-8-11-27-53(49)61)56-32-31-46(38-57(56)60)62(44-18-5-4-6-19-44)45-20-15-17-41(37-45)47-24-16-25-51-50-23-9-14-30-58(50)63-59(47)51/h4-32,37-40,42-43H,3,33-36H2,1-2H3/t39-,40+,42+,43-,60?. The SMILES string of the molecule is CC[C@@H]1C[C@H]2C[C@H](C)C[C@@H](C1)C21c2ccccc2C2(c3ccccc3-c3ccccc32)c2ccc(N(c3ccccc3)c3cccc(-c4cccc5c4sc4ccccc45)c3)cc21. The Bertz CT molecular complexity index is 3180. The van der Waals surface area contributed by atoms with Crippen LogP contribution >= 0.6 is 11.3 Å². The molecule has 63 heavy (non-hydrogen) atoms. The van der Waals surface area contributed by atoms with E-state index in [0.717, 1.165) is 11.8 Å². The second kappa shape index (κ2) is 14.1. The molecule has 4 aliphatic carbocycles. The van der Waals surface area contributed by atoms with Gasteiger partial charge in [0.05, 0.1) is 5.41 Å². The molecule has 0 radical (unpaired) electrons. The molecule has 1 heterocycles. The highest BCUT2D eigenvalue weighted by Gasteiger charge is 2.62. The minimum absolute atomic E-state index is 0.0845. The smallest absolute Gasteiger partial charge is 0.0719 e. The molecule has 2 heteroatoms. The summed E-state index contributed by atoms with van der Waals surface area (Å²) in [4.78, 5) is 2.54. The number of hydrogen-bond donors (Lipinski definition) is 0. The third kappa shape index (κ3) is 5.16. The molecule has 0 amide bonds. The molecule has 0 aliphatic heterocycles. The number of nitrogens with zero attached hydrogens (tertiary/aromatic N) is 1. The van der Waals surface area contributed by atoms with Crippen LogP contribution in [0.1, 0.15) is 79.3 Å². The molecule has 1 nitrogen and oxygen atoms in total. The maximum atomic E-state index is 2.70. The third-order valence-electron chi connectivity index (χ3n) is 16.1. The molecule has 2 fully saturated rings. The lowest BCUT2D eigenvalue weighted by Crippen LogP contribution is -2.56. The summed E-state index contributed by atoms with van der Waals surface area (Å²) in [7, 11) is 0. The molecule has 9 aromatic rings. The summed E-state index contributed by atoms with van der Waals surface area (Å²) in [5.74, 6) is 2.63. The maximum Gasteiger partial charge on any atom is 0.0719 e. The van der Waals surface area contributed by atoms with Crippen molar-refractivity contribution in [3.8, 4) is 22.3 Å². The highest BCUT2D eigenvalue weighted by Crippen LogP contribution is 2.69. The number of fused-ring (bicyclic) bond motifs is 12. The molecule has 2 bridgehead atoms. The van der Waals surface area contributed by atoms with Gasteiger partial charge < -0.3 is 4.90 Å². The molecule has 13 rings (SSSR count). The van der Waals surface area contributed by atoms with E-state index in [0.29, 0.717) is 11.8 Å². The third-order valence-corrected chi connectivity index (χ3v) is 17.4. The minimum atomic E-state index is -0.412. The zero-order valence-electron chi connectivity index (χ0n) is 36.1. The quantitative estimate of drug-likeness (QED) is 0.167. The fourth-order valence-electron chi connectivity index (χ4n) is 13.9. The van der Waals surface area contributed by atoms with Crippen LogP contribution in [-0.2, 0) is 10.8 Å². The number of rotatable bonds is 5. The Morgan fingerprint density at radius 1 is 0.476 bits per heavy atom. The van der Waals surface area contributed by atoms with Crippen molar-refractivity contribution >= 4 is 48.6 Å². The van der Waals surface area contributed by atoms with Crippen LogP contribution in [0.5, 0.6) is 0 Å². The molecular formula is C61H51NS. The van der Waals surface area contributed by atoms with Crippen LogP contribution in [0.3, 0.4) is 0 Å². The Kier molecular flexibility index (Phi) is 8.39. The minimum Gasteiger partial charge on any atom is -0.310 e. The highest BCUT2D eigenvalue weighted by atomic mass is 32.1. The van der Waals surface area contributed by atoms with Gasteiger partial charge in [0.15, 0.2) is 0 Å². The number of benzene rings is 8. The van der Waals surface area contributed by atoms with E-state index in [1.165, 1.54) is 114 Å². The van der Waals surface area contributed by atoms with E-state index >= 15 is 0 Å². The molecule has 4 aliphatic rings. The van der Waals surface area contributed by atoms with Crippen LogP contribution in [0.25, 0.3) is 42.4 Å². The molecule has 0 saturated heterocycles. The van der Waals surface area contributed by atoms with Gasteiger partial charge in [-0.1, -0.05) is 166 Å². The predicted octanol–water partition coefficient (Wildman–Crippen LogP) is 16.6. The summed E-state index contributed by atoms with van der Waals surface area (Å²) in [5, 5.41) is 2.67. The van der Waals surface area contributed by atoms with Crippen molar-refractivity contribution in [1.29, 1.82) is 0 Å². The molecule has 0 N–H and O–H groups in total. The first-order valence-electron chi connectivity index (χ1n) is 23.4. The summed E-state index contributed by atoms with van der Waals surface area (Å²) < 4.78 is 2.69. The van der Waals surface area contributed by atoms with Gasteiger partial charge in [0.1, 0.15) is 0 Å². The molecule has 306 valence electrons. The van der Waals surface area contributed by atoms with E-state index in [1.54, 1.807) is 11.1 Å². The van der Waals surface area contributed by atoms with Gasteiger partial charge in [-0.15, -0.1) is 11.3 Å². The van der Waals surface area contributed by atoms with Crippen molar-refractivity contribution in [3.05, 3.63) is 221 Å². The fourth-order valence-corrected chi connectivity index (χ4v) is 15.1. The molecule has 8 aromatic carbocycles. The zero-order chi connectivity index (χ0) is 41.9. The average Bonchev–Trinajstić information content (AvgIpc) is 3.86. The van der Waals surface area contributed by atoms with Gasteiger partial charge in [0.2, 0.25) is 0 Å². The summed E-state index contributed by atoms with van der Waals surface area (Å²) in [5.41, 5.74) is 17.3. The van der Waals surface area contributed by atoms with Crippen molar-refractivity contribution in [2.24, 2.45) is 23.7 Å².